The topological polar surface area (TPSA) is 29.1 Å². The number of carbonyl (C=O) groups excluding carboxylic acids is 1. The Morgan fingerprint density at radius 3 is 2.52 bits per heavy atom. The summed E-state index contributed by atoms with van der Waals surface area (Å²) in [5.74, 6) is -0.0892. The van der Waals surface area contributed by atoms with Gasteiger partial charge in [0, 0.05) is 17.0 Å². The largest absolute Gasteiger partial charge is 0.351 e. The molecule has 4 heteroatoms. The molecule has 0 aromatic heterocycles. The third-order valence-corrected chi connectivity index (χ3v) is 4.52. The van der Waals surface area contributed by atoms with E-state index in [0.717, 1.165) is 10.3 Å². The van der Waals surface area contributed by atoms with Crippen LogP contribution in [0, 0.1) is 5.82 Å². The number of halogens is 1. The van der Waals surface area contributed by atoms with E-state index in [4.69, 9.17) is 0 Å². The molecule has 0 unspecified atom stereocenters. The Labute approximate surface area is 138 Å². The SMILES string of the molecule is O=C(CSc1ccc2ccccc2c1)NCc1ccccc1F. The first-order valence-corrected chi connectivity index (χ1v) is 8.32. The number of thioether (sulfide) groups is 1. The molecule has 0 spiro atoms. The first-order valence-electron chi connectivity index (χ1n) is 7.34. The van der Waals surface area contributed by atoms with Gasteiger partial charge in [-0.3, -0.25) is 4.79 Å². The molecule has 3 aromatic rings. The van der Waals surface area contributed by atoms with Crippen LogP contribution in [0.2, 0.25) is 0 Å². The molecular formula is C19H16FNOS. The van der Waals surface area contributed by atoms with Crippen molar-refractivity contribution in [1.29, 1.82) is 0 Å². The van der Waals surface area contributed by atoms with Gasteiger partial charge >= 0.3 is 0 Å². The van der Waals surface area contributed by atoms with Crippen molar-refractivity contribution in [1.82, 2.24) is 5.32 Å². The minimum absolute atomic E-state index is 0.105. The van der Waals surface area contributed by atoms with Crippen molar-refractivity contribution in [3.8, 4) is 0 Å². The summed E-state index contributed by atoms with van der Waals surface area (Å²) in [4.78, 5) is 13.0. The summed E-state index contributed by atoms with van der Waals surface area (Å²) in [6, 6.07) is 20.7. The maximum atomic E-state index is 13.5. The molecule has 0 atom stereocenters. The smallest absolute Gasteiger partial charge is 0.230 e. The zero-order valence-corrected chi connectivity index (χ0v) is 13.3. The van der Waals surface area contributed by atoms with E-state index in [1.165, 1.54) is 23.2 Å². The van der Waals surface area contributed by atoms with Gasteiger partial charge in [-0.25, -0.2) is 4.39 Å². The lowest BCUT2D eigenvalue weighted by atomic mass is 10.1. The van der Waals surface area contributed by atoms with Crippen LogP contribution in [-0.2, 0) is 11.3 Å². The molecule has 23 heavy (non-hydrogen) atoms. The summed E-state index contributed by atoms with van der Waals surface area (Å²) in [6.07, 6.45) is 0. The molecule has 0 saturated heterocycles. The van der Waals surface area contributed by atoms with Crippen molar-refractivity contribution in [2.45, 2.75) is 11.4 Å². The number of nitrogens with one attached hydrogen (secondary N) is 1. The van der Waals surface area contributed by atoms with Crippen molar-refractivity contribution in [2.24, 2.45) is 0 Å². The van der Waals surface area contributed by atoms with E-state index in [1.54, 1.807) is 18.2 Å². The highest BCUT2D eigenvalue weighted by Crippen LogP contribution is 2.23. The Hall–Kier alpha value is -2.33. The highest BCUT2D eigenvalue weighted by molar-refractivity contribution is 8.00. The van der Waals surface area contributed by atoms with Gasteiger partial charge < -0.3 is 5.32 Å². The second-order valence-corrected chi connectivity index (χ2v) is 6.21. The number of fused-ring (bicyclic) bond motifs is 1. The summed E-state index contributed by atoms with van der Waals surface area (Å²) in [6.45, 7) is 0.212. The van der Waals surface area contributed by atoms with E-state index in [2.05, 4.69) is 29.6 Å². The van der Waals surface area contributed by atoms with Crippen LogP contribution in [0.1, 0.15) is 5.56 Å². The fraction of sp³-hybridized carbons (Fsp3) is 0.105. The Morgan fingerprint density at radius 2 is 1.70 bits per heavy atom. The number of rotatable bonds is 5. The zero-order valence-electron chi connectivity index (χ0n) is 12.5. The standard InChI is InChI=1S/C19H16FNOS/c20-18-8-4-3-7-16(18)12-21-19(22)13-23-17-10-9-14-5-1-2-6-15(14)11-17/h1-11H,12-13H2,(H,21,22). The number of hydrogen-bond donors (Lipinski definition) is 1. The predicted octanol–water partition coefficient (Wildman–Crippen LogP) is 4.39. The molecule has 0 aliphatic rings. The zero-order chi connectivity index (χ0) is 16.1. The number of carbonyl (C=O) groups is 1. The Balaban J connectivity index is 1.54. The summed E-state index contributed by atoms with van der Waals surface area (Å²) in [5, 5.41) is 5.09. The Kier molecular flexibility index (Phi) is 4.93. The number of hydrogen-bond acceptors (Lipinski definition) is 2. The van der Waals surface area contributed by atoms with Gasteiger partial charge in [0.25, 0.3) is 0 Å². The fourth-order valence-corrected chi connectivity index (χ4v) is 3.07. The first kappa shape index (κ1) is 15.6. The fourth-order valence-electron chi connectivity index (χ4n) is 2.29. The molecular weight excluding hydrogens is 309 g/mol. The third kappa shape index (κ3) is 4.11. The van der Waals surface area contributed by atoms with Gasteiger partial charge in [0.2, 0.25) is 5.91 Å². The van der Waals surface area contributed by atoms with Crippen LogP contribution in [0.4, 0.5) is 4.39 Å². The third-order valence-electron chi connectivity index (χ3n) is 3.52. The number of benzene rings is 3. The molecule has 0 fully saturated rings. The molecule has 0 radical (unpaired) electrons. The van der Waals surface area contributed by atoms with Crippen molar-refractivity contribution in [2.75, 3.05) is 5.75 Å². The first-order chi connectivity index (χ1) is 11.2. The monoisotopic (exact) mass is 325 g/mol. The predicted molar refractivity (Wildman–Crippen MR) is 92.9 cm³/mol. The molecule has 116 valence electrons. The van der Waals surface area contributed by atoms with Crippen LogP contribution in [0.3, 0.4) is 0 Å². The van der Waals surface area contributed by atoms with Crippen LogP contribution in [0.25, 0.3) is 10.8 Å². The van der Waals surface area contributed by atoms with Gasteiger partial charge in [0.05, 0.1) is 5.75 Å². The lowest BCUT2D eigenvalue weighted by molar-refractivity contribution is -0.118. The normalized spacial score (nSPS) is 10.7. The van der Waals surface area contributed by atoms with Crippen molar-refractivity contribution < 1.29 is 9.18 Å². The lowest BCUT2D eigenvalue weighted by Crippen LogP contribution is -2.24. The van der Waals surface area contributed by atoms with Crippen molar-refractivity contribution >= 4 is 28.4 Å². The second-order valence-electron chi connectivity index (χ2n) is 5.17. The quantitative estimate of drug-likeness (QED) is 0.705. The molecule has 0 saturated carbocycles. The van der Waals surface area contributed by atoms with Crippen molar-refractivity contribution in [3.05, 3.63) is 78.1 Å². The van der Waals surface area contributed by atoms with E-state index in [-0.39, 0.29) is 18.3 Å². The summed E-state index contributed by atoms with van der Waals surface area (Å²) in [5.41, 5.74) is 0.497. The van der Waals surface area contributed by atoms with E-state index >= 15 is 0 Å². The summed E-state index contributed by atoms with van der Waals surface area (Å²) >= 11 is 1.48. The molecule has 2 nitrogen and oxygen atoms in total. The Morgan fingerprint density at radius 1 is 0.957 bits per heavy atom. The second kappa shape index (κ2) is 7.29. The van der Waals surface area contributed by atoms with Gasteiger partial charge in [-0.15, -0.1) is 11.8 Å². The average Bonchev–Trinajstić information content (AvgIpc) is 2.59. The van der Waals surface area contributed by atoms with E-state index < -0.39 is 0 Å². The minimum Gasteiger partial charge on any atom is -0.351 e. The molecule has 1 N–H and O–H groups in total. The van der Waals surface area contributed by atoms with Crippen LogP contribution >= 0.6 is 11.8 Å². The van der Waals surface area contributed by atoms with E-state index in [0.29, 0.717) is 11.3 Å². The van der Waals surface area contributed by atoms with E-state index in [9.17, 15) is 9.18 Å². The van der Waals surface area contributed by atoms with Gasteiger partial charge in [-0.2, -0.15) is 0 Å². The minimum atomic E-state index is -0.296. The van der Waals surface area contributed by atoms with Gasteiger partial charge in [-0.1, -0.05) is 48.5 Å². The maximum Gasteiger partial charge on any atom is 0.230 e. The lowest BCUT2D eigenvalue weighted by Gasteiger charge is -2.07. The van der Waals surface area contributed by atoms with Crippen molar-refractivity contribution in [3.63, 3.8) is 0 Å². The number of amides is 1. The van der Waals surface area contributed by atoms with Gasteiger partial charge in [-0.05, 0) is 29.0 Å². The highest BCUT2D eigenvalue weighted by atomic mass is 32.2. The average molecular weight is 325 g/mol. The van der Waals surface area contributed by atoms with Crippen LogP contribution < -0.4 is 5.32 Å². The highest BCUT2D eigenvalue weighted by Gasteiger charge is 2.06. The molecule has 1 amide bonds. The molecule has 0 bridgehead atoms. The van der Waals surface area contributed by atoms with Crippen LogP contribution in [0.15, 0.2) is 71.6 Å². The molecule has 0 aliphatic carbocycles. The molecule has 0 heterocycles. The molecule has 0 aliphatic heterocycles. The van der Waals surface area contributed by atoms with Gasteiger partial charge in [0.1, 0.15) is 5.82 Å². The maximum absolute atomic E-state index is 13.5. The van der Waals surface area contributed by atoms with Crippen LogP contribution in [0.5, 0.6) is 0 Å². The summed E-state index contributed by atoms with van der Waals surface area (Å²) < 4.78 is 13.5. The van der Waals surface area contributed by atoms with Gasteiger partial charge in [0.15, 0.2) is 0 Å². The van der Waals surface area contributed by atoms with E-state index in [1.807, 2.05) is 18.2 Å². The summed E-state index contributed by atoms with van der Waals surface area (Å²) in [7, 11) is 0. The molecule has 3 rings (SSSR count). The molecule has 3 aromatic carbocycles. The van der Waals surface area contributed by atoms with Crippen LogP contribution in [-0.4, -0.2) is 11.7 Å². The Bertz CT molecular complexity index is 834.